The van der Waals surface area contributed by atoms with Crippen LogP contribution in [0.4, 0.5) is 11.4 Å². The fourth-order valence-corrected chi connectivity index (χ4v) is 2.51. The highest BCUT2D eigenvalue weighted by atomic mass is 32.2. The summed E-state index contributed by atoms with van der Waals surface area (Å²) in [6.07, 6.45) is 1.37. The summed E-state index contributed by atoms with van der Waals surface area (Å²) in [5, 5.41) is 6.01. The number of aromatic amines is 1. The van der Waals surface area contributed by atoms with Gasteiger partial charge in [0.15, 0.2) is 5.03 Å². The van der Waals surface area contributed by atoms with E-state index < -0.39 is 10.0 Å². The fourth-order valence-electron chi connectivity index (χ4n) is 1.52. The summed E-state index contributed by atoms with van der Waals surface area (Å²) in [5.41, 5.74) is 8.53. The summed E-state index contributed by atoms with van der Waals surface area (Å²) in [4.78, 5) is 0. The van der Waals surface area contributed by atoms with Crippen molar-refractivity contribution in [2.75, 3.05) is 10.5 Å². The number of nitrogen functional groups attached to an aromatic ring is 1. The lowest BCUT2D eigenvalue weighted by Gasteiger charge is -2.11. The molecule has 7 heteroatoms. The van der Waals surface area contributed by atoms with E-state index in [-0.39, 0.29) is 5.03 Å². The van der Waals surface area contributed by atoms with E-state index >= 15 is 0 Å². The maximum absolute atomic E-state index is 12.0. The lowest BCUT2D eigenvalue weighted by molar-refractivity contribution is 0.597. The van der Waals surface area contributed by atoms with Crippen LogP contribution in [-0.2, 0) is 10.0 Å². The molecular formula is C11H14N4O2S. The Labute approximate surface area is 105 Å². The second-order valence-electron chi connectivity index (χ2n) is 4.05. The summed E-state index contributed by atoms with van der Waals surface area (Å²) < 4.78 is 26.4. The summed E-state index contributed by atoms with van der Waals surface area (Å²) in [6.45, 7) is 3.81. The number of nitrogens with one attached hydrogen (secondary N) is 2. The number of sulfonamides is 1. The van der Waals surface area contributed by atoms with Gasteiger partial charge >= 0.3 is 0 Å². The Kier molecular flexibility index (Phi) is 3.00. The second-order valence-corrected chi connectivity index (χ2v) is 5.70. The van der Waals surface area contributed by atoms with E-state index in [2.05, 4.69) is 14.9 Å². The minimum atomic E-state index is -3.67. The number of nitrogens with two attached hydrogens (primary N) is 1. The van der Waals surface area contributed by atoms with Crippen LogP contribution in [0.15, 0.2) is 29.4 Å². The second kappa shape index (κ2) is 4.34. The first-order valence-corrected chi connectivity index (χ1v) is 6.77. The molecule has 0 aliphatic heterocycles. The first-order chi connectivity index (χ1) is 8.40. The van der Waals surface area contributed by atoms with Gasteiger partial charge in [0.1, 0.15) is 0 Å². The quantitative estimate of drug-likeness (QED) is 0.731. The molecule has 1 aromatic heterocycles. The number of aryl methyl sites for hydroxylation is 2. The van der Waals surface area contributed by atoms with Gasteiger partial charge in [0.2, 0.25) is 0 Å². The lowest BCUT2D eigenvalue weighted by atomic mass is 10.1. The number of hydrogen-bond donors (Lipinski definition) is 3. The molecule has 1 aromatic carbocycles. The number of rotatable bonds is 3. The first-order valence-electron chi connectivity index (χ1n) is 5.29. The molecule has 0 saturated heterocycles. The zero-order chi connectivity index (χ0) is 13.3. The molecule has 0 bridgehead atoms. The average Bonchev–Trinajstić information content (AvgIpc) is 2.79. The zero-order valence-corrected chi connectivity index (χ0v) is 10.9. The van der Waals surface area contributed by atoms with Crippen LogP contribution < -0.4 is 10.5 Å². The molecule has 18 heavy (non-hydrogen) atoms. The maximum atomic E-state index is 12.0. The summed E-state index contributed by atoms with van der Waals surface area (Å²) >= 11 is 0. The molecule has 1 heterocycles. The van der Waals surface area contributed by atoms with Crippen molar-refractivity contribution in [1.29, 1.82) is 0 Å². The monoisotopic (exact) mass is 266 g/mol. The number of anilines is 2. The Bertz CT molecular complexity index is 663. The molecule has 0 aliphatic carbocycles. The maximum Gasteiger partial charge on any atom is 0.278 e. The van der Waals surface area contributed by atoms with Crippen LogP contribution >= 0.6 is 0 Å². The van der Waals surface area contributed by atoms with Crippen LogP contribution in [-0.4, -0.2) is 18.6 Å². The van der Waals surface area contributed by atoms with Gasteiger partial charge in [-0.1, -0.05) is 0 Å². The molecular weight excluding hydrogens is 252 g/mol. The SMILES string of the molecule is Cc1cc(N)c(NS(=O)(=O)c2ccn[nH]2)cc1C. The van der Waals surface area contributed by atoms with Crippen LogP contribution in [0.2, 0.25) is 0 Å². The third-order valence-electron chi connectivity index (χ3n) is 2.67. The largest absolute Gasteiger partial charge is 0.397 e. The van der Waals surface area contributed by atoms with E-state index in [1.54, 1.807) is 12.1 Å². The summed E-state index contributed by atoms with van der Waals surface area (Å²) in [6, 6.07) is 4.82. The van der Waals surface area contributed by atoms with Gasteiger partial charge in [0, 0.05) is 0 Å². The molecule has 0 saturated carbocycles. The molecule has 0 atom stereocenters. The Hall–Kier alpha value is -2.02. The number of H-pyrrole nitrogens is 1. The summed E-state index contributed by atoms with van der Waals surface area (Å²) in [7, 11) is -3.67. The van der Waals surface area contributed by atoms with Crippen molar-refractivity contribution in [3.8, 4) is 0 Å². The number of aromatic nitrogens is 2. The van der Waals surface area contributed by atoms with Crippen molar-refractivity contribution in [2.45, 2.75) is 18.9 Å². The number of benzene rings is 1. The van der Waals surface area contributed by atoms with Gasteiger partial charge in [0.05, 0.1) is 17.6 Å². The van der Waals surface area contributed by atoms with Crippen molar-refractivity contribution in [3.05, 3.63) is 35.5 Å². The molecule has 2 rings (SSSR count). The minimum absolute atomic E-state index is 0.000119. The number of nitrogens with zero attached hydrogens (tertiary/aromatic N) is 1. The van der Waals surface area contributed by atoms with Crippen LogP contribution in [0.3, 0.4) is 0 Å². The van der Waals surface area contributed by atoms with Crippen molar-refractivity contribution in [3.63, 3.8) is 0 Å². The molecule has 0 radical (unpaired) electrons. The molecule has 4 N–H and O–H groups in total. The fraction of sp³-hybridized carbons (Fsp3) is 0.182. The highest BCUT2D eigenvalue weighted by molar-refractivity contribution is 7.92. The van der Waals surface area contributed by atoms with E-state index in [4.69, 9.17) is 5.73 Å². The standard InChI is InChI=1S/C11H14N4O2S/c1-7-5-9(12)10(6-8(7)2)15-18(16,17)11-3-4-13-14-11/h3-6,15H,12H2,1-2H3,(H,13,14). The molecule has 0 aliphatic rings. The third kappa shape index (κ3) is 2.30. The highest BCUT2D eigenvalue weighted by Crippen LogP contribution is 2.25. The van der Waals surface area contributed by atoms with E-state index in [1.807, 2.05) is 13.8 Å². The predicted octanol–water partition coefficient (Wildman–Crippen LogP) is 1.41. The van der Waals surface area contributed by atoms with E-state index in [0.29, 0.717) is 11.4 Å². The molecule has 0 fully saturated rings. The van der Waals surface area contributed by atoms with Crippen molar-refractivity contribution < 1.29 is 8.42 Å². The Balaban J connectivity index is 2.39. The minimum Gasteiger partial charge on any atom is -0.397 e. The smallest absolute Gasteiger partial charge is 0.278 e. The normalized spacial score (nSPS) is 11.4. The van der Waals surface area contributed by atoms with E-state index in [1.165, 1.54) is 12.3 Å². The van der Waals surface area contributed by atoms with Crippen LogP contribution in [0.5, 0.6) is 0 Å². The Morgan fingerprint density at radius 3 is 2.56 bits per heavy atom. The predicted molar refractivity (Wildman–Crippen MR) is 69.7 cm³/mol. The van der Waals surface area contributed by atoms with Crippen molar-refractivity contribution in [2.24, 2.45) is 0 Å². The van der Waals surface area contributed by atoms with E-state index in [9.17, 15) is 8.42 Å². The molecule has 0 unspecified atom stereocenters. The highest BCUT2D eigenvalue weighted by Gasteiger charge is 2.17. The third-order valence-corrected chi connectivity index (χ3v) is 3.97. The van der Waals surface area contributed by atoms with Crippen LogP contribution in [0, 0.1) is 13.8 Å². The van der Waals surface area contributed by atoms with Gasteiger partial charge < -0.3 is 5.73 Å². The van der Waals surface area contributed by atoms with Gasteiger partial charge in [0.25, 0.3) is 10.0 Å². The Morgan fingerprint density at radius 1 is 1.28 bits per heavy atom. The zero-order valence-electron chi connectivity index (χ0n) is 10.1. The average molecular weight is 266 g/mol. The molecule has 6 nitrogen and oxygen atoms in total. The van der Waals surface area contributed by atoms with Gasteiger partial charge in [-0.2, -0.15) is 13.5 Å². The first kappa shape index (κ1) is 12.4. The Morgan fingerprint density at radius 2 is 1.94 bits per heavy atom. The molecule has 0 spiro atoms. The van der Waals surface area contributed by atoms with Crippen LogP contribution in [0.1, 0.15) is 11.1 Å². The molecule has 96 valence electrons. The molecule has 2 aromatic rings. The van der Waals surface area contributed by atoms with E-state index in [0.717, 1.165) is 11.1 Å². The topological polar surface area (TPSA) is 101 Å². The summed E-state index contributed by atoms with van der Waals surface area (Å²) in [5.74, 6) is 0. The lowest BCUT2D eigenvalue weighted by Crippen LogP contribution is -2.15. The van der Waals surface area contributed by atoms with Gasteiger partial charge in [-0.25, -0.2) is 0 Å². The molecule has 0 amide bonds. The van der Waals surface area contributed by atoms with Crippen molar-refractivity contribution in [1.82, 2.24) is 10.2 Å². The van der Waals surface area contributed by atoms with Gasteiger partial charge in [-0.05, 0) is 43.2 Å². The van der Waals surface area contributed by atoms with Gasteiger partial charge in [-0.3, -0.25) is 9.82 Å². The van der Waals surface area contributed by atoms with Gasteiger partial charge in [-0.15, -0.1) is 0 Å². The van der Waals surface area contributed by atoms with Crippen molar-refractivity contribution >= 4 is 21.4 Å². The van der Waals surface area contributed by atoms with Crippen LogP contribution in [0.25, 0.3) is 0 Å². The number of hydrogen-bond acceptors (Lipinski definition) is 4.